The third kappa shape index (κ3) is 2.28. The van der Waals surface area contributed by atoms with Crippen LogP contribution in [0.2, 0.25) is 0 Å². The van der Waals surface area contributed by atoms with Gasteiger partial charge in [-0.3, -0.25) is 0 Å². The molecule has 0 aliphatic heterocycles. The van der Waals surface area contributed by atoms with Crippen LogP contribution in [-0.4, -0.2) is 0 Å². The second-order valence-corrected chi connectivity index (χ2v) is 4.71. The summed E-state index contributed by atoms with van der Waals surface area (Å²) in [7, 11) is 0. The van der Waals surface area contributed by atoms with E-state index in [9.17, 15) is 0 Å². The van der Waals surface area contributed by atoms with E-state index in [4.69, 9.17) is 0 Å². The summed E-state index contributed by atoms with van der Waals surface area (Å²) in [5.41, 5.74) is 1.17. The van der Waals surface area contributed by atoms with Crippen molar-refractivity contribution in [3.8, 4) is 0 Å². The Kier molecular flexibility index (Phi) is 3.47. The lowest BCUT2D eigenvalue weighted by molar-refractivity contribution is 1.29. The van der Waals surface area contributed by atoms with Gasteiger partial charge in [0.2, 0.25) is 0 Å². The molecule has 96 valence electrons. The normalized spacial score (nSPS) is 10.2. The Bertz CT molecular complexity index is 771. The van der Waals surface area contributed by atoms with Gasteiger partial charge in [0.15, 0.2) is 0 Å². The van der Waals surface area contributed by atoms with E-state index in [1.54, 1.807) is 0 Å². The number of hydrogen-bond donors (Lipinski definition) is 0. The fourth-order valence-electron chi connectivity index (χ4n) is 2.43. The van der Waals surface area contributed by atoms with E-state index in [-0.39, 0.29) is 0 Å². The lowest BCUT2D eigenvalue weighted by Gasteiger charge is -2.02. The molecule has 20 heavy (non-hydrogen) atoms. The maximum atomic E-state index is 3.63. The average Bonchev–Trinajstić information content (AvgIpc) is 2.54. The number of benzene rings is 3. The summed E-state index contributed by atoms with van der Waals surface area (Å²) in [6.45, 7) is 3.63. The van der Waals surface area contributed by atoms with E-state index in [0.29, 0.717) is 0 Å². The van der Waals surface area contributed by atoms with Crippen LogP contribution in [0.3, 0.4) is 0 Å². The third-order valence-electron chi connectivity index (χ3n) is 3.47. The number of rotatable bonds is 1. The molecular weight excluding hydrogens is 240 g/mol. The average molecular weight is 256 g/mol. The zero-order valence-electron chi connectivity index (χ0n) is 11.3. The zero-order chi connectivity index (χ0) is 13.8. The Balaban J connectivity index is 0.000000133. The van der Waals surface area contributed by atoms with Gasteiger partial charge < -0.3 is 0 Å². The van der Waals surface area contributed by atoms with E-state index in [1.165, 1.54) is 26.4 Å². The van der Waals surface area contributed by atoms with Crippen LogP contribution in [0.15, 0.2) is 85.4 Å². The van der Waals surface area contributed by atoms with Gasteiger partial charge >= 0.3 is 0 Å². The number of fused-ring (bicyclic) bond motifs is 2. The van der Waals surface area contributed by atoms with Crippen molar-refractivity contribution in [3.63, 3.8) is 0 Å². The van der Waals surface area contributed by atoms with Gasteiger partial charge in [-0.25, -0.2) is 0 Å². The van der Waals surface area contributed by atoms with Crippen molar-refractivity contribution in [2.24, 2.45) is 0 Å². The lowest BCUT2D eigenvalue weighted by atomic mass is 10.0. The molecule has 0 heteroatoms. The Hall–Kier alpha value is -2.60. The second kappa shape index (κ2) is 5.58. The minimum Gasteiger partial charge on any atom is -0.0985 e. The van der Waals surface area contributed by atoms with Gasteiger partial charge in [-0.1, -0.05) is 91.5 Å². The molecule has 1 aliphatic rings. The summed E-state index contributed by atoms with van der Waals surface area (Å²) in [6.07, 6.45) is 1.83. The van der Waals surface area contributed by atoms with Crippen molar-refractivity contribution in [3.05, 3.63) is 112 Å². The van der Waals surface area contributed by atoms with Crippen LogP contribution in [0, 0.1) is 20.9 Å². The first-order valence-corrected chi connectivity index (χ1v) is 6.76. The van der Waals surface area contributed by atoms with E-state index in [0.717, 1.165) is 0 Å². The molecule has 3 aromatic carbocycles. The Labute approximate surface area is 118 Å². The van der Waals surface area contributed by atoms with Crippen LogP contribution in [-0.2, 0) is 0 Å². The molecular formula is C20H16. The summed E-state index contributed by atoms with van der Waals surface area (Å²) in [5, 5.41) is 5.59. The van der Waals surface area contributed by atoms with Gasteiger partial charge in [0.05, 0.1) is 0 Å². The van der Waals surface area contributed by atoms with Crippen LogP contribution in [0.25, 0.3) is 6.08 Å². The molecule has 0 saturated carbocycles. The van der Waals surface area contributed by atoms with Crippen LogP contribution in [0.5, 0.6) is 0 Å². The monoisotopic (exact) mass is 256 g/mol. The molecule has 3 aromatic rings. The van der Waals surface area contributed by atoms with Crippen molar-refractivity contribution in [1.82, 2.24) is 0 Å². The van der Waals surface area contributed by atoms with Gasteiger partial charge in [0.25, 0.3) is 0 Å². The highest BCUT2D eigenvalue weighted by Gasteiger charge is 1.97. The Morgan fingerprint density at radius 1 is 0.500 bits per heavy atom. The maximum absolute atomic E-state index is 3.63. The molecule has 4 rings (SSSR count). The van der Waals surface area contributed by atoms with Crippen LogP contribution < -0.4 is 0 Å². The van der Waals surface area contributed by atoms with Crippen molar-refractivity contribution in [2.75, 3.05) is 0 Å². The summed E-state index contributed by atoms with van der Waals surface area (Å²) in [5.74, 6) is 0. The van der Waals surface area contributed by atoms with E-state index in [1.807, 2.05) is 36.4 Å². The lowest BCUT2D eigenvalue weighted by Crippen LogP contribution is -1.88. The van der Waals surface area contributed by atoms with E-state index in [2.05, 4.69) is 55.1 Å². The van der Waals surface area contributed by atoms with Crippen molar-refractivity contribution < 1.29 is 0 Å². The molecule has 0 spiro atoms. The van der Waals surface area contributed by atoms with Crippen molar-refractivity contribution >= 4 is 6.08 Å². The fraction of sp³-hybridized carbons (Fsp3) is 0. The highest BCUT2D eigenvalue weighted by atomic mass is 14.0. The Morgan fingerprint density at radius 3 is 1.15 bits per heavy atom. The Morgan fingerprint density at radius 2 is 0.850 bits per heavy atom. The first kappa shape index (κ1) is 12.4. The topological polar surface area (TPSA) is 0 Å². The van der Waals surface area contributed by atoms with Gasteiger partial charge in [0.1, 0.15) is 0 Å². The summed E-state index contributed by atoms with van der Waals surface area (Å²) < 4.78 is 0. The van der Waals surface area contributed by atoms with Gasteiger partial charge in [-0.15, -0.1) is 0 Å². The largest absolute Gasteiger partial charge is 0.0985 e. The first-order chi connectivity index (χ1) is 9.90. The van der Waals surface area contributed by atoms with Crippen LogP contribution in [0.1, 0.15) is 5.56 Å². The molecule has 0 radical (unpaired) electrons. The first-order valence-electron chi connectivity index (χ1n) is 6.76. The molecule has 0 atom stereocenters. The van der Waals surface area contributed by atoms with E-state index < -0.39 is 0 Å². The molecule has 1 aliphatic carbocycles. The highest BCUT2D eigenvalue weighted by molar-refractivity contribution is 5.45. The predicted molar refractivity (Wildman–Crippen MR) is 84.8 cm³/mol. The van der Waals surface area contributed by atoms with Gasteiger partial charge in [0, 0.05) is 0 Å². The predicted octanol–water partition coefficient (Wildman–Crippen LogP) is 4.90. The molecule has 0 nitrogen and oxygen atoms in total. The molecule has 0 unspecified atom stereocenters. The van der Waals surface area contributed by atoms with Crippen molar-refractivity contribution in [2.45, 2.75) is 0 Å². The smallest absolute Gasteiger partial charge is 0.00990 e. The van der Waals surface area contributed by atoms with Gasteiger partial charge in [-0.2, -0.15) is 0 Å². The van der Waals surface area contributed by atoms with Crippen LogP contribution >= 0.6 is 0 Å². The van der Waals surface area contributed by atoms with Crippen LogP contribution in [0.4, 0.5) is 0 Å². The number of hydrogen-bond acceptors (Lipinski definition) is 0. The van der Waals surface area contributed by atoms with Crippen molar-refractivity contribution in [1.29, 1.82) is 0 Å². The minimum absolute atomic E-state index is 1.17. The molecule has 0 fully saturated rings. The molecule has 0 saturated heterocycles. The summed E-state index contributed by atoms with van der Waals surface area (Å²) in [4.78, 5) is 0. The molecule has 0 N–H and O–H groups in total. The minimum atomic E-state index is 1.17. The third-order valence-corrected chi connectivity index (χ3v) is 3.47. The van der Waals surface area contributed by atoms with E-state index >= 15 is 0 Å². The van der Waals surface area contributed by atoms with Gasteiger partial charge in [-0.05, 0) is 26.4 Å². The fourth-order valence-corrected chi connectivity index (χ4v) is 2.43. The summed E-state index contributed by atoms with van der Waals surface area (Å²) >= 11 is 0. The summed E-state index contributed by atoms with van der Waals surface area (Å²) in [6, 6.07) is 27.1. The molecule has 0 aromatic heterocycles. The highest BCUT2D eigenvalue weighted by Crippen LogP contribution is 2.11. The quantitative estimate of drug-likeness (QED) is 0.454. The standard InChI is InChI=1S/C12H8.C8H8/c1-2-6-10-9(5-1)11-7-3-4-8-12(10)11;1-2-8-6-4-3-5-7-8/h1-8H;2-7H,1H2. The second-order valence-electron chi connectivity index (χ2n) is 4.71. The SMILES string of the molecule is C=Cc1ccccc1.c1ccc2c(c1)=c1ccccc1=2. The zero-order valence-corrected chi connectivity index (χ0v) is 11.3. The molecule has 0 heterocycles. The maximum Gasteiger partial charge on any atom is -0.00990 e. The molecule has 0 bridgehead atoms. The molecule has 0 amide bonds.